The highest BCUT2D eigenvalue weighted by Crippen LogP contribution is 2.29. The van der Waals surface area contributed by atoms with Crippen molar-refractivity contribution in [1.82, 2.24) is 24.7 Å². The van der Waals surface area contributed by atoms with Crippen LogP contribution < -0.4 is 0 Å². The van der Waals surface area contributed by atoms with Crippen molar-refractivity contribution in [3.63, 3.8) is 0 Å². The average Bonchev–Trinajstić information content (AvgIpc) is 2.97. The summed E-state index contributed by atoms with van der Waals surface area (Å²) in [6.07, 6.45) is 2.27. The Labute approximate surface area is 152 Å². The Kier molecular flexibility index (Phi) is 5.21. The lowest BCUT2D eigenvalue weighted by atomic mass is 10.2. The van der Waals surface area contributed by atoms with Crippen LogP contribution in [0.25, 0.3) is 11.4 Å². The molecule has 3 aromatic rings. The summed E-state index contributed by atoms with van der Waals surface area (Å²) in [5.74, 6) is 0.308. The second-order valence-corrected chi connectivity index (χ2v) is 6.81. The Hall–Kier alpha value is -2.88. The van der Waals surface area contributed by atoms with Gasteiger partial charge in [0.25, 0.3) is 0 Å². The van der Waals surface area contributed by atoms with Crippen molar-refractivity contribution in [2.45, 2.75) is 30.7 Å². The van der Waals surface area contributed by atoms with Gasteiger partial charge < -0.3 is 4.57 Å². The van der Waals surface area contributed by atoms with Crippen molar-refractivity contribution < 1.29 is 9.31 Å². The fourth-order valence-electron chi connectivity index (χ4n) is 2.27. The Bertz CT molecular complexity index is 929. The van der Waals surface area contributed by atoms with Gasteiger partial charge in [0.2, 0.25) is 0 Å². The predicted octanol–water partition coefficient (Wildman–Crippen LogP) is 3.59. The van der Waals surface area contributed by atoms with Gasteiger partial charge in [-0.2, -0.15) is 0 Å². The van der Waals surface area contributed by atoms with Crippen LogP contribution in [0.4, 0.5) is 10.1 Å². The van der Waals surface area contributed by atoms with E-state index in [4.69, 9.17) is 0 Å². The zero-order chi connectivity index (χ0) is 18.7. The van der Waals surface area contributed by atoms with Gasteiger partial charge in [-0.3, -0.25) is 10.1 Å². The van der Waals surface area contributed by atoms with E-state index in [1.807, 2.05) is 13.8 Å². The van der Waals surface area contributed by atoms with Gasteiger partial charge in [0.1, 0.15) is 18.2 Å². The fraction of sp³-hybridized carbons (Fsp3) is 0.250. The lowest BCUT2D eigenvalue weighted by molar-refractivity contribution is -0.385. The molecular weight excluding hydrogens is 359 g/mol. The number of aromatic nitrogens is 5. The highest BCUT2D eigenvalue weighted by atomic mass is 32.2. The molecule has 0 bridgehead atoms. The van der Waals surface area contributed by atoms with Gasteiger partial charge in [0.15, 0.2) is 16.1 Å². The van der Waals surface area contributed by atoms with E-state index >= 15 is 0 Å². The van der Waals surface area contributed by atoms with Crippen LogP contribution in [0.5, 0.6) is 0 Å². The fourth-order valence-corrected chi connectivity index (χ4v) is 3.00. The molecule has 0 saturated carbocycles. The molecule has 8 nitrogen and oxygen atoms in total. The van der Waals surface area contributed by atoms with E-state index < -0.39 is 4.92 Å². The quantitative estimate of drug-likeness (QED) is 0.369. The third kappa shape index (κ3) is 3.85. The highest BCUT2D eigenvalue weighted by molar-refractivity contribution is 7.99. The molecular formula is C16H15FN6O2S. The van der Waals surface area contributed by atoms with Crippen molar-refractivity contribution >= 4 is 17.4 Å². The number of hydrogen-bond donors (Lipinski definition) is 0. The molecule has 0 fully saturated rings. The summed E-state index contributed by atoms with van der Waals surface area (Å²) >= 11 is 1.12. The molecule has 134 valence electrons. The van der Waals surface area contributed by atoms with Crippen molar-refractivity contribution in [2.75, 3.05) is 0 Å². The maximum Gasteiger partial charge on any atom is 0.305 e. The number of nitrogens with zero attached hydrogens (tertiary/aromatic N) is 6. The molecule has 0 aliphatic carbocycles. The minimum atomic E-state index is -0.563. The van der Waals surface area contributed by atoms with Gasteiger partial charge in [0, 0.05) is 6.54 Å². The summed E-state index contributed by atoms with van der Waals surface area (Å²) in [5, 5.41) is 19.8. The molecule has 0 atom stereocenters. The molecule has 0 aliphatic heterocycles. The van der Waals surface area contributed by atoms with E-state index in [-0.39, 0.29) is 17.4 Å². The number of benzene rings is 1. The second kappa shape index (κ2) is 7.56. The second-order valence-electron chi connectivity index (χ2n) is 5.87. The topological polar surface area (TPSA) is 99.6 Å². The monoisotopic (exact) mass is 374 g/mol. The summed E-state index contributed by atoms with van der Waals surface area (Å²) in [4.78, 5) is 18.1. The number of halogens is 1. The molecule has 3 rings (SSSR count). The molecule has 2 heterocycles. The van der Waals surface area contributed by atoms with Crippen LogP contribution in [0.3, 0.4) is 0 Å². The van der Waals surface area contributed by atoms with Crippen LogP contribution in [0.2, 0.25) is 0 Å². The van der Waals surface area contributed by atoms with Crippen LogP contribution >= 0.6 is 11.8 Å². The maximum atomic E-state index is 14.2. The lowest BCUT2D eigenvalue weighted by Gasteiger charge is -2.12. The standard InChI is InChI=1S/C16H15FN6O2S/c1-10(2)9-22-14(12-5-3-4-6-13(12)17)20-21-16(22)26-15-18-7-11(8-19-15)23(24)25/h3-8,10H,9H2,1-2H3. The maximum absolute atomic E-state index is 14.2. The van der Waals surface area contributed by atoms with Gasteiger partial charge in [-0.25, -0.2) is 14.4 Å². The number of hydrogen-bond acceptors (Lipinski definition) is 7. The van der Waals surface area contributed by atoms with Gasteiger partial charge in [0.05, 0.1) is 10.5 Å². The van der Waals surface area contributed by atoms with Gasteiger partial charge in [-0.15, -0.1) is 10.2 Å². The molecule has 26 heavy (non-hydrogen) atoms. The molecule has 0 amide bonds. The largest absolute Gasteiger partial charge is 0.305 e. The molecule has 1 aromatic carbocycles. The summed E-state index contributed by atoms with van der Waals surface area (Å²) in [5.41, 5.74) is 0.169. The van der Waals surface area contributed by atoms with E-state index in [0.717, 1.165) is 24.2 Å². The van der Waals surface area contributed by atoms with E-state index in [9.17, 15) is 14.5 Å². The van der Waals surface area contributed by atoms with Crippen LogP contribution in [-0.4, -0.2) is 29.7 Å². The normalized spacial score (nSPS) is 11.1. The van der Waals surface area contributed by atoms with E-state index in [2.05, 4.69) is 20.2 Å². The SMILES string of the molecule is CC(C)Cn1c(Sc2ncc([N+](=O)[O-])cn2)nnc1-c1ccccc1F. The molecule has 0 saturated heterocycles. The van der Waals surface area contributed by atoms with Crippen molar-refractivity contribution in [3.05, 3.63) is 52.6 Å². The minimum absolute atomic E-state index is 0.190. The van der Waals surface area contributed by atoms with E-state index in [1.165, 1.54) is 6.07 Å². The Morgan fingerprint density at radius 2 is 1.92 bits per heavy atom. The van der Waals surface area contributed by atoms with Gasteiger partial charge >= 0.3 is 5.69 Å². The summed E-state index contributed by atoms with van der Waals surface area (Å²) < 4.78 is 16.0. The van der Waals surface area contributed by atoms with Crippen LogP contribution in [0.1, 0.15) is 13.8 Å². The van der Waals surface area contributed by atoms with Crippen LogP contribution in [0, 0.1) is 21.8 Å². The van der Waals surface area contributed by atoms with Crippen molar-refractivity contribution in [2.24, 2.45) is 5.92 Å². The van der Waals surface area contributed by atoms with Crippen LogP contribution in [0.15, 0.2) is 47.0 Å². The number of rotatable bonds is 6. The zero-order valence-corrected chi connectivity index (χ0v) is 14.9. The van der Waals surface area contributed by atoms with Crippen LogP contribution in [-0.2, 0) is 6.54 Å². The Morgan fingerprint density at radius 3 is 2.54 bits per heavy atom. The first-order valence-electron chi connectivity index (χ1n) is 7.78. The first-order chi connectivity index (χ1) is 12.5. The summed E-state index contributed by atoms with van der Waals surface area (Å²) in [7, 11) is 0. The van der Waals surface area contributed by atoms with E-state index in [1.54, 1.807) is 22.8 Å². The molecule has 0 radical (unpaired) electrons. The third-order valence-electron chi connectivity index (χ3n) is 3.39. The lowest BCUT2D eigenvalue weighted by Crippen LogP contribution is -2.08. The van der Waals surface area contributed by atoms with Crippen molar-refractivity contribution in [3.8, 4) is 11.4 Å². The molecule has 10 heteroatoms. The zero-order valence-electron chi connectivity index (χ0n) is 14.0. The first kappa shape index (κ1) is 17.9. The minimum Gasteiger partial charge on any atom is -0.301 e. The third-order valence-corrected chi connectivity index (χ3v) is 4.27. The first-order valence-corrected chi connectivity index (χ1v) is 8.59. The molecule has 0 unspecified atom stereocenters. The molecule has 2 aromatic heterocycles. The van der Waals surface area contributed by atoms with Crippen molar-refractivity contribution in [1.29, 1.82) is 0 Å². The van der Waals surface area contributed by atoms with Gasteiger partial charge in [-0.1, -0.05) is 26.0 Å². The molecule has 0 spiro atoms. The highest BCUT2D eigenvalue weighted by Gasteiger charge is 2.19. The average molecular weight is 374 g/mol. The summed E-state index contributed by atoms with van der Waals surface area (Å²) in [6.45, 7) is 4.63. The van der Waals surface area contributed by atoms with Gasteiger partial charge in [-0.05, 0) is 29.8 Å². The van der Waals surface area contributed by atoms with E-state index in [0.29, 0.717) is 28.2 Å². The molecule has 0 aliphatic rings. The summed E-state index contributed by atoms with van der Waals surface area (Å²) in [6, 6.07) is 6.37. The Morgan fingerprint density at radius 1 is 1.23 bits per heavy atom. The molecule has 0 N–H and O–H groups in total. The predicted molar refractivity (Wildman–Crippen MR) is 93.1 cm³/mol. The smallest absolute Gasteiger partial charge is 0.301 e. The Balaban J connectivity index is 1.97. The number of nitro groups is 1.